The molecule has 1 aliphatic carbocycles. The number of rotatable bonds is 6. The maximum Gasteiger partial charge on any atom is 0.223 e. The van der Waals surface area contributed by atoms with Crippen molar-refractivity contribution in [3.8, 4) is 10.6 Å². The summed E-state index contributed by atoms with van der Waals surface area (Å²) in [5.74, 6) is 0.0779. The van der Waals surface area contributed by atoms with Gasteiger partial charge in [0, 0.05) is 31.4 Å². The number of thiazole rings is 1. The molecule has 2 aromatic heterocycles. The molecule has 0 spiro atoms. The molecule has 0 unspecified atom stereocenters. The molecule has 26 heavy (non-hydrogen) atoms. The van der Waals surface area contributed by atoms with E-state index in [1.165, 1.54) is 30.4 Å². The highest BCUT2D eigenvalue weighted by molar-refractivity contribution is 7.97. The zero-order chi connectivity index (χ0) is 18.1. The molecule has 0 amide bonds. The summed E-state index contributed by atoms with van der Waals surface area (Å²) in [7, 11) is 1.80. The molecule has 1 saturated heterocycles. The van der Waals surface area contributed by atoms with Gasteiger partial charge in [-0.3, -0.25) is 4.31 Å². The lowest BCUT2D eigenvalue weighted by Gasteiger charge is -2.31. The highest BCUT2D eigenvalue weighted by Crippen LogP contribution is 2.37. The number of aromatic nitrogens is 3. The first-order chi connectivity index (χ1) is 12.6. The number of aryl methyl sites for hydroxylation is 1. The molecule has 0 aromatic carbocycles. The van der Waals surface area contributed by atoms with Gasteiger partial charge in [-0.25, -0.2) is 19.3 Å². The number of nitrogens with one attached hydrogen (secondary N) is 2. The third kappa shape index (κ3) is 4.10. The van der Waals surface area contributed by atoms with Crippen LogP contribution in [-0.4, -0.2) is 50.7 Å². The highest BCUT2D eigenvalue weighted by Gasteiger charge is 2.28. The van der Waals surface area contributed by atoms with Gasteiger partial charge in [-0.15, -0.1) is 0 Å². The SMILES string of the molecule is CNc1nc(C)c(-c2nc(NC3CCN(SC4CC4)CC3)ncc2F)s1. The molecular formula is C17H23FN6S2. The Balaban J connectivity index is 1.43. The van der Waals surface area contributed by atoms with E-state index < -0.39 is 5.82 Å². The van der Waals surface area contributed by atoms with Crippen molar-refractivity contribution >= 4 is 34.4 Å². The van der Waals surface area contributed by atoms with E-state index in [2.05, 4.69) is 29.9 Å². The Morgan fingerprint density at radius 3 is 2.65 bits per heavy atom. The van der Waals surface area contributed by atoms with Crippen LogP contribution >= 0.6 is 23.3 Å². The van der Waals surface area contributed by atoms with Gasteiger partial charge in [-0.1, -0.05) is 23.3 Å². The molecule has 2 fully saturated rings. The third-order valence-electron chi connectivity index (χ3n) is 4.58. The van der Waals surface area contributed by atoms with Crippen molar-refractivity contribution in [2.75, 3.05) is 30.8 Å². The molecule has 0 bridgehead atoms. The second-order valence-electron chi connectivity index (χ2n) is 6.73. The van der Waals surface area contributed by atoms with E-state index in [0.717, 1.165) is 46.9 Å². The van der Waals surface area contributed by atoms with Crippen molar-refractivity contribution in [3.05, 3.63) is 17.7 Å². The Morgan fingerprint density at radius 2 is 2.00 bits per heavy atom. The molecule has 1 aliphatic heterocycles. The molecule has 0 radical (unpaired) electrons. The smallest absolute Gasteiger partial charge is 0.223 e. The van der Waals surface area contributed by atoms with Gasteiger partial charge in [0.05, 0.1) is 16.8 Å². The Labute approximate surface area is 161 Å². The highest BCUT2D eigenvalue weighted by atomic mass is 32.2. The van der Waals surface area contributed by atoms with Crippen molar-refractivity contribution in [1.82, 2.24) is 19.3 Å². The van der Waals surface area contributed by atoms with Gasteiger partial charge in [0.15, 0.2) is 10.9 Å². The number of nitrogens with zero attached hydrogens (tertiary/aromatic N) is 4. The third-order valence-corrected chi connectivity index (χ3v) is 7.19. The van der Waals surface area contributed by atoms with E-state index in [9.17, 15) is 4.39 Å². The summed E-state index contributed by atoms with van der Waals surface area (Å²) in [6, 6.07) is 0.333. The van der Waals surface area contributed by atoms with E-state index in [1.807, 2.05) is 18.9 Å². The number of hydrogen-bond acceptors (Lipinski definition) is 8. The summed E-state index contributed by atoms with van der Waals surface area (Å²) in [5, 5.41) is 8.00. The van der Waals surface area contributed by atoms with Gasteiger partial charge in [0.1, 0.15) is 5.69 Å². The van der Waals surface area contributed by atoms with Gasteiger partial charge in [0.25, 0.3) is 0 Å². The average Bonchev–Trinajstić information content (AvgIpc) is 3.38. The quantitative estimate of drug-likeness (QED) is 0.723. The van der Waals surface area contributed by atoms with E-state index in [4.69, 9.17) is 0 Å². The van der Waals surface area contributed by atoms with E-state index in [-0.39, 0.29) is 0 Å². The first-order valence-corrected chi connectivity index (χ1v) is 10.6. The minimum absolute atomic E-state index is 0.320. The second kappa shape index (κ2) is 7.66. The molecule has 6 nitrogen and oxygen atoms in total. The molecule has 3 heterocycles. The van der Waals surface area contributed by atoms with Gasteiger partial charge >= 0.3 is 0 Å². The lowest BCUT2D eigenvalue weighted by molar-refractivity contribution is 0.357. The first-order valence-electron chi connectivity index (χ1n) is 8.98. The predicted octanol–water partition coefficient (Wildman–Crippen LogP) is 3.78. The number of piperidine rings is 1. The molecule has 140 valence electrons. The maximum absolute atomic E-state index is 14.3. The monoisotopic (exact) mass is 394 g/mol. The molecule has 4 rings (SSSR count). The molecule has 0 atom stereocenters. The molecule has 2 aromatic rings. The van der Waals surface area contributed by atoms with Crippen LogP contribution in [0, 0.1) is 12.7 Å². The zero-order valence-electron chi connectivity index (χ0n) is 15.0. The van der Waals surface area contributed by atoms with Crippen LogP contribution in [0.15, 0.2) is 6.20 Å². The number of hydrogen-bond donors (Lipinski definition) is 2. The number of halogens is 1. The molecular weight excluding hydrogens is 371 g/mol. The van der Waals surface area contributed by atoms with Crippen LogP contribution in [-0.2, 0) is 0 Å². The standard InChI is InChI=1S/C17H23FN6S2/c1-10-15(25-17(19-2)21-10)14-13(18)9-20-16(23-14)22-11-5-7-24(8-6-11)26-12-3-4-12/h9,11-12H,3-8H2,1-2H3,(H,19,21)(H,20,22,23). The summed E-state index contributed by atoms with van der Waals surface area (Å²) >= 11 is 3.42. The fourth-order valence-corrected chi connectivity index (χ4v) is 5.09. The van der Waals surface area contributed by atoms with Gasteiger partial charge in [-0.2, -0.15) is 0 Å². The Morgan fingerprint density at radius 1 is 1.23 bits per heavy atom. The summed E-state index contributed by atoms with van der Waals surface area (Å²) in [5.41, 5.74) is 1.09. The van der Waals surface area contributed by atoms with Crippen LogP contribution in [0.2, 0.25) is 0 Å². The fraction of sp³-hybridized carbons (Fsp3) is 0.588. The van der Waals surface area contributed by atoms with Crippen molar-refractivity contribution in [2.45, 2.75) is 43.9 Å². The van der Waals surface area contributed by atoms with Crippen molar-refractivity contribution in [2.24, 2.45) is 0 Å². The van der Waals surface area contributed by atoms with E-state index in [1.54, 1.807) is 7.05 Å². The van der Waals surface area contributed by atoms with Crippen LogP contribution in [0.1, 0.15) is 31.4 Å². The summed E-state index contributed by atoms with van der Waals surface area (Å²) in [6.07, 6.45) is 6.09. The molecule has 2 N–H and O–H groups in total. The number of anilines is 2. The Bertz CT molecular complexity index is 771. The fourth-order valence-electron chi connectivity index (χ4n) is 2.99. The summed E-state index contributed by atoms with van der Waals surface area (Å²) in [6.45, 7) is 4.02. The lowest BCUT2D eigenvalue weighted by atomic mass is 10.1. The zero-order valence-corrected chi connectivity index (χ0v) is 16.6. The van der Waals surface area contributed by atoms with Gasteiger partial charge in [-0.05, 0) is 32.6 Å². The van der Waals surface area contributed by atoms with Crippen LogP contribution in [0.3, 0.4) is 0 Å². The van der Waals surface area contributed by atoms with Gasteiger partial charge in [0.2, 0.25) is 5.95 Å². The Kier molecular flexibility index (Phi) is 5.28. The minimum Gasteiger partial charge on any atom is -0.365 e. The molecule has 1 saturated carbocycles. The molecule has 2 aliphatic rings. The predicted molar refractivity (Wildman–Crippen MR) is 106 cm³/mol. The van der Waals surface area contributed by atoms with Crippen molar-refractivity contribution in [1.29, 1.82) is 0 Å². The maximum atomic E-state index is 14.3. The van der Waals surface area contributed by atoms with E-state index >= 15 is 0 Å². The summed E-state index contributed by atoms with van der Waals surface area (Å²) < 4.78 is 16.8. The largest absolute Gasteiger partial charge is 0.365 e. The van der Waals surface area contributed by atoms with Gasteiger partial charge < -0.3 is 10.6 Å². The second-order valence-corrected chi connectivity index (χ2v) is 9.12. The first kappa shape index (κ1) is 17.9. The topological polar surface area (TPSA) is 66.0 Å². The minimum atomic E-state index is -0.416. The van der Waals surface area contributed by atoms with E-state index in [0.29, 0.717) is 17.7 Å². The van der Waals surface area contributed by atoms with Crippen LogP contribution in [0.5, 0.6) is 0 Å². The van der Waals surface area contributed by atoms with Crippen molar-refractivity contribution < 1.29 is 4.39 Å². The lowest BCUT2D eigenvalue weighted by Crippen LogP contribution is -2.36. The Hall–Kier alpha value is -1.45. The van der Waals surface area contributed by atoms with Crippen LogP contribution < -0.4 is 10.6 Å². The average molecular weight is 395 g/mol. The molecule has 9 heteroatoms. The van der Waals surface area contributed by atoms with Crippen LogP contribution in [0.25, 0.3) is 10.6 Å². The summed E-state index contributed by atoms with van der Waals surface area (Å²) in [4.78, 5) is 13.7. The normalized spacial score (nSPS) is 18.9. The van der Waals surface area contributed by atoms with Crippen LogP contribution in [0.4, 0.5) is 15.5 Å². The van der Waals surface area contributed by atoms with Crippen molar-refractivity contribution in [3.63, 3.8) is 0 Å².